The Bertz CT molecular complexity index is 757. The Morgan fingerprint density at radius 3 is 2.80 bits per heavy atom. The van der Waals surface area contributed by atoms with E-state index < -0.39 is 11.6 Å². The lowest BCUT2D eigenvalue weighted by Gasteiger charge is -2.36. The molecule has 0 amide bonds. The van der Waals surface area contributed by atoms with Gasteiger partial charge in [-0.2, -0.15) is 0 Å². The van der Waals surface area contributed by atoms with Crippen LogP contribution in [0.5, 0.6) is 0 Å². The fraction of sp³-hybridized carbons (Fsp3) is 0.526. The molecule has 4 nitrogen and oxygen atoms in total. The van der Waals surface area contributed by atoms with Gasteiger partial charge in [0, 0.05) is 38.7 Å². The van der Waals surface area contributed by atoms with E-state index in [4.69, 9.17) is 4.74 Å². The van der Waals surface area contributed by atoms with Crippen molar-refractivity contribution in [2.45, 2.75) is 51.8 Å². The fourth-order valence-corrected chi connectivity index (χ4v) is 3.42. The van der Waals surface area contributed by atoms with Crippen molar-refractivity contribution in [1.82, 2.24) is 14.9 Å². The Balaban J connectivity index is 1.77. The van der Waals surface area contributed by atoms with E-state index in [1.165, 1.54) is 12.1 Å². The average Bonchev–Trinajstić information content (AvgIpc) is 2.97. The lowest BCUT2D eigenvalue weighted by atomic mass is 9.97. The molecule has 0 aliphatic carbocycles. The van der Waals surface area contributed by atoms with Gasteiger partial charge in [0.1, 0.15) is 17.5 Å². The highest BCUT2D eigenvalue weighted by molar-refractivity contribution is 5.57. The third-order valence-corrected chi connectivity index (χ3v) is 5.01. The van der Waals surface area contributed by atoms with Crippen molar-refractivity contribution in [3.8, 4) is 11.4 Å². The van der Waals surface area contributed by atoms with E-state index >= 15 is 0 Å². The van der Waals surface area contributed by atoms with Crippen LogP contribution in [0.3, 0.4) is 0 Å². The van der Waals surface area contributed by atoms with E-state index in [1.54, 1.807) is 7.11 Å². The Hall–Kier alpha value is -1.79. The lowest BCUT2D eigenvalue weighted by molar-refractivity contribution is -0.00818. The van der Waals surface area contributed by atoms with Crippen molar-refractivity contribution in [3.63, 3.8) is 0 Å². The summed E-state index contributed by atoms with van der Waals surface area (Å²) in [6.07, 6.45) is 1.73. The van der Waals surface area contributed by atoms with Gasteiger partial charge in [-0.1, -0.05) is 0 Å². The molecule has 1 aromatic carbocycles. The zero-order chi connectivity index (χ0) is 18.2. The molecular formula is C19H25F2N3O. The molecule has 0 bridgehead atoms. The van der Waals surface area contributed by atoms with Crippen LogP contribution in [-0.4, -0.2) is 40.2 Å². The first-order chi connectivity index (χ1) is 11.8. The van der Waals surface area contributed by atoms with E-state index in [0.717, 1.165) is 43.4 Å². The van der Waals surface area contributed by atoms with Crippen LogP contribution in [-0.2, 0) is 17.7 Å². The Kier molecular flexibility index (Phi) is 4.93. The van der Waals surface area contributed by atoms with Crippen LogP contribution in [0.1, 0.15) is 38.6 Å². The molecule has 0 saturated carbocycles. The molecule has 2 heterocycles. The summed E-state index contributed by atoms with van der Waals surface area (Å²) in [5.41, 5.74) is 2.10. The second-order valence-electron chi connectivity index (χ2n) is 7.37. The van der Waals surface area contributed by atoms with Crippen LogP contribution in [0, 0.1) is 11.6 Å². The number of hydrogen-bond donors (Lipinski definition) is 1. The maximum absolute atomic E-state index is 14.0. The van der Waals surface area contributed by atoms with Crippen LogP contribution in [0.4, 0.5) is 8.78 Å². The summed E-state index contributed by atoms with van der Waals surface area (Å²) in [6.45, 7) is 8.02. The fourth-order valence-electron chi connectivity index (χ4n) is 3.42. The maximum atomic E-state index is 14.0. The van der Waals surface area contributed by atoms with E-state index in [0.29, 0.717) is 17.4 Å². The van der Waals surface area contributed by atoms with Crippen molar-refractivity contribution in [1.29, 1.82) is 0 Å². The van der Waals surface area contributed by atoms with Crippen LogP contribution in [0.25, 0.3) is 11.4 Å². The Morgan fingerprint density at radius 2 is 2.12 bits per heavy atom. The number of H-pyrrole nitrogens is 1. The number of imidazole rings is 1. The number of aromatic nitrogens is 2. The molecular weight excluding hydrogens is 324 g/mol. The highest BCUT2D eigenvalue weighted by Gasteiger charge is 2.28. The topological polar surface area (TPSA) is 41.1 Å². The number of aromatic amines is 1. The van der Waals surface area contributed by atoms with Gasteiger partial charge in [-0.05, 0) is 39.3 Å². The third-order valence-electron chi connectivity index (χ3n) is 5.01. The summed E-state index contributed by atoms with van der Waals surface area (Å²) < 4.78 is 32.6. The summed E-state index contributed by atoms with van der Waals surface area (Å²) in [6, 6.07) is 3.92. The quantitative estimate of drug-likeness (QED) is 0.890. The van der Waals surface area contributed by atoms with Gasteiger partial charge in [0.15, 0.2) is 0 Å². The predicted molar refractivity (Wildman–Crippen MR) is 93.2 cm³/mol. The van der Waals surface area contributed by atoms with Crippen LogP contribution in [0.2, 0.25) is 0 Å². The van der Waals surface area contributed by atoms with Gasteiger partial charge in [0.05, 0.1) is 22.6 Å². The molecule has 1 aromatic heterocycles. The number of rotatable bonds is 5. The smallest absolute Gasteiger partial charge is 0.140 e. The van der Waals surface area contributed by atoms with E-state index in [9.17, 15) is 8.78 Å². The second kappa shape index (κ2) is 6.84. The van der Waals surface area contributed by atoms with Gasteiger partial charge in [-0.25, -0.2) is 13.8 Å². The largest absolute Gasteiger partial charge is 0.379 e. The summed E-state index contributed by atoms with van der Waals surface area (Å²) >= 11 is 0. The van der Waals surface area contributed by atoms with Crippen molar-refractivity contribution < 1.29 is 13.5 Å². The zero-order valence-corrected chi connectivity index (χ0v) is 15.2. The highest BCUT2D eigenvalue weighted by atomic mass is 19.1. The van der Waals surface area contributed by atoms with Crippen molar-refractivity contribution >= 4 is 0 Å². The second-order valence-corrected chi connectivity index (χ2v) is 7.37. The van der Waals surface area contributed by atoms with E-state index in [2.05, 4.69) is 35.6 Å². The first-order valence-electron chi connectivity index (χ1n) is 8.61. The van der Waals surface area contributed by atoms with E-state index in [-0.39, 0.29) is 5.60 Å². The van der Waals surface area contributed by atoms with E-state index in [1.807, 2.05) is 0 Å². The minimum atomic E-state index is -0.599. The molecule has 136 valence electrons. The first-order valence-corrected chi connectivity index (χ1v) is 8.61. The van der Waals surface area contributed by atoms with Crippen LogP contribution < -0.4 is 0 Å². The minimum absolute atomic E-state index is 0.171. The summed E-state index contributed by atoms with van der Waals surface area (Å²) in [4.78, 5) is 10.1. The monoisotopic (exact) mass is 349 g/mol. The standard InChI is InChI=1S/C19H25F2N3O/c1-12(10-19(2,3)25-4)24-8-7-16-17(11-24)23-18(22-16)14-6-5-13(20)9-15(14)21/h5-6,9,12H,7-8,10-11H2,1-4H3,(H,22,23)/t12-/m1/s1. The van der Waals surface area contributed by atoms with Gasteiger partial charge < -0.3 is 9.72 Å². The molecule has 1 N–H and O–H groups in total. The van der Waals surface area contributed by atoms with Gasteiger partial charge in [0.2, 0.25) is 0 Å². The van der Waals surface area contributed by atoms with Gasteiger partial charge in [-0.15, -0.1) is 0 Å². The number of ether oxygens (including phenoxy) is 1. The normalized spacial score (nSPS) is 16.7. The van der Waals surface area contributed by atoms with Crippen LogP contribution in [0.15, 0.2) is 18.2 Å². The molecule has 1 aliphatic rings. The summed E-state index contributed by atoms with van der Waals surface area (Å²) in [5.74, 6) is -0.717. The maximum Gasteiger partial charge on any atom is 0.140 e. The average molecular weight is 349 g/mol. The molecule has 0 saturated heterocycles. The van der Waals surface area contributed by atoms with Crippen molar-refractivity contribution in [2.75, 3.05) is 13.7 Å². The molecule has 25 heavy (non-hydrogen) atoms. The molecule has 0 spiro atoms. The highest BCUT2D eigenvalue weighted by Crippen LogP contribution is 2.27. The minimum Gasteiger partial charge on any atom is -0.379 e. The van der Waals surface area contributed by atoms with Crippen molar-refractivity contribution in [3.05, 3.63) is 41.2 Å². The van der Waals surface area contributed by atoms with Gasteiger partial charge >= 0.3 is 0 Å². The lowest BCUT2D eigenvalue weighted by Crippen LogP contribution is -2.42. The third kappa shape index (κ3) is 3.90. The summed E-state index contributed by atoms with van der Waals surface area (Å²) in [7, 11) is 1.74. The molecule has 3 rings (SSSR count). The number of hydrogen-bond acceptors (Lipinski definition) is 3. The molecule has 1 atom stereocenters. The summed E-state index contributed by atoms with van der Waals surface area (Å²) in [5, 5.41) is 0. The number of fused-ring (bicyclic) bond motifs is 1. The predicted octanol–water partition coefficient (Wildman–Crippen LogP) is 3.92. The van der Waals surface area contributed by atoms with Crippen LogP contribution >= 0.6 is 0 Å². The molecule has 2 aromatic rings. The Morgan fingerprint density at radius 1 is 1.36 bits per heavy atom. The number of nitrogens with one attached hydrogen (secondary N) is 1. The molecule has 6 heteroatoms. The molecule has 0 unspecified atom stereocenters. The van der Waals surface area contributed by atoms with Gasteiger partial charge in [-0.3, -0.25) is 4.90 Å². The number of nitrogens with zero attached hydrogens (tertiary/aromatic N) is 2. The Labute approximate surface area is 147 Å². The van der Waals surface area contributed by atoms with Gasteiger partial charge in [0.25, 0.3) is 0 Å². The SMILES string of the molecule is COC(C)(C)C[C@@H](C)N1CCc2nc(-c3ccc(F)cc3F)[nH]c2C1. The number of benzene rings is 1. The number of methoxy groups -OCH3 is 1. The molecule has 0 fully saturated rings. The molecule has 1 aliphatic heterocycles. The number of halogens is 2. The zero-order valence-electron chi connectivity index (χ0n) is 15.2. The van der Waals surface area contributed by atoms with Crippen molar-refractivity contribution in [2.24, 2.45) is 0 Å². The molecule has 0 radical (unpaired) electrons. The first kappa shape index (κ1) is 18.0.